The number of hydrogen-bond acceptors (Lipinski definition) is 4. The molecule has 4 heteroatoms. The van der Waals surface area contributed by atoms with Crippen LogP contribution in [-0.2, 0) is 13.0 Å². The van der Waals surface area contributed by atoms with Crippen molar-refractivity contribution in [2.24, 2.45) is 0 Å². The van der Waals surface area contributed by atoms with Gasteiger partial charge in [0.1, 0.15) is 5.75 Å². The molecule has 102 valence electrons. The summed E-state index contributed by atoms with van der Waals surface area (Å²) in [6.07, 6.45) is 4.00. The molecular formula is C15H20N2OS. The Morgan fingerprint density at radius 2 is 2.11 bits per heavy atom. The molecule has 2 aromatic rings. The number of hydrogen-bond donors (Lipinski definition) is 1. The summed E-state index contributed by atoms with van der Waals surface area (Å²) in [5.74, 6) is 0.920. The SMILES string of the molecule is CCCNCc1cnc(CCOc2ccccc2)s1. The lowest BCUT2D eigenvalue weighted by Crippen LogP contribution is -2.12. The van der Waals surface area contributed by atoms with Crippen LogP contribution in [0.3, 0.4) is 0 Å². The minimum atomic E-state index is 0.680. The molecule has 0 aliphatic heterocycles. The highest BCUT2D eigenvalue weighted by molar-refractivity contribution is 7.11. The highest BCUT2D eigenvalue weighted by Gasteiger charge is 2.02. The van der Waals surface area contributed by atoms with Crippen LogP contribution in [0, 0.1) is 0 Å². The number of nitrogens with one attached hydrogen (secondary N) is 1. The molecule has 2 rings (SSSR count). The van der Waals surface area contributed by atoms with Crippen LogP contribution in [-0.4, -0.2) is 18.1 Å². The Labute approximate surface area is 118 Å². The van der Waals surface area contributed by atoms with E-state index in [4.69, 9.17) is 4.74 Å². The van der Waals surface area contributed by atoms with Crippen molar-refractivity contribution in [2.75, 3.05) is 13.2 Å². The third kappa shape index (κ3) is 5.01. The van der Waals surface area contributed by atoms with Gasteiger partial charge in [-0.05, 0) is 25.1 Å². The van der Waals surface area contributed by atoms with E-state index in [9.17, 15) is 0 Å². The topological polar surface area (TPSA) is 34.2 Å². The van der Waals surface area contributed by atoms with Gasteiger partial charge in [0, 0.05) is 24.0 Å². The summed E-state index contributed by atoms with van der Waals surface area (Å²) in [5.41, 5.74) is 0. The summed E-state index contributed by atoms with van der Waals surface area (Å²) in [4.78, 5) is 5.72. The molecule has 1 aromatic carbocycles. The molecular weight excluding hydrogens is 256 g/mol. The number of nitrogens with zero attached hydrogens (tertiary/aromatic N) is 1. The molecule has 0 spiro atoms. The number of thiazole rings is 1. The first-order valence-electron chi connectivity index (χ1n) is 6.70. The van der Waals surface area contributed by atoms with Crippen LogP contribution in [0.5, 0.6) is 5.75 Å². The van der Waals surface area contributed by atoms with Crippen molar-refractivity contribution in [1.82, 2.24) is 10.3 Å². The summed E-state index contributed by atoms with van der Waals surface area (Å²) in [6, 6.07) is 9.90. The number of ether oxygens (including phenoxy) is 1. The van der Waals surface area contributed by atoms with Crippen LogP contribution in [0.4, 0.5) is 0 Å². The first-order valence-corrected chi connectivity index (χ1v) is 7.52. The number of para-hydroxylation sites is 1. The minimum Gasteiger partial charge on any atom is -0.493 e. The van der Waals surface area contributed by atoms with E-state index in [-0.39, 0.29) is 0 Å². The van der Waals surface area contributed by atoms with E-state index >= 15 is 0 Å². The normalized spacial score (nSPS) is 10.6. The fourth-order valence-corrected chi connectivity index (χ4v) is 2.58. The molecule has 0 aliphatic carbocycles. The maximum Gasteiger partial charge on any atom is 0.119 e. The largest absolute Gasteiger partial charge is 0.493 e. The third-order valence-corrected chi connectivity index (χ3v) is 3.71. The molecule has 0 radical (unpaired) electrons. The van der Waals surface area contributed by atoms with Crippen LogP contribution in [0.2, 0.25) is 0 Å². The Bertz CT molecular complexity index is 470. The molecule has 0 aliphatic rings. The van der Waals surface area contributed by atoms with Gasteiger partial charge in [0.15, 0.2) is 0 Å². The predicted molar refractivity (Wildman–Crippen MR) is 79.8 cm³/mol. The Morgan fingerprint density at radius 1 is 1.26 bits per heavy atom. The second kappa shape index (κ2) is 7.92. The first kappa shape index (κ1) is 14.0. The third-order valence-electron chi connectivity index (χ3n) is 2.66. The zero-order valence-electron chi connectivity index (χ0n) is 11.3. The Hall–Kier alpha value is -1.39. The Balaban J connectivity index is 1.71. The molecule has 0 unspecified atom stereocenters. The molecule has 1 N–H and O–H groups in total. The lowest BCUT2D eigenvalue weighted by Gasteiger charge is -2.03. The van der Waals surface area contributed by atoms with Gasteiger partial charge in [0.05, 0.1) is 11.6 Å². The molecule has 0 saturated carbocycles. The molecule has 3 nitrogen and oxygen atoms in total. The first-order chi connectivity index (χ1) is 9.38. The van der Waals surface area contributed by atoms with Crippen LogP contribution < -0.4 is 10.1 Å². The summed E-state index contributed by atoms with van der Waals surface area (Å²) in [6.45, 7) is 4.83. The van der Waals surface area contributed by atoms with Crippen LogP contribution in [0.15, 0.2) is 36.5 Å². The molecule has 0 saturated heterocycles. The van der Waals surface area contributed by atoms with Gasteiger partial charge < -0.3 is 10.1 Å². The molecule has 1 heterocycles. The van der Waals surface area contributed by atoms with E-state index in [1.165, 1.54) is 4.88 Å². The number of benzene rings is 1. The lowest BCUT2D eigenvalue weighted by molar-refractivity contribution is 0.322. The van der Waals surface area contributed by atoms with Crippen molar-refractivity contribution in [3.05, 3.63) is 46.4 Å². The highest BCUT2D eigenvalue weighted by Crippen LogP contribution is 2.14. The maximum atomic E-state index is 5.67. The molecule has 19 heavy (non-hydrogen) atoms. The van der Waals surface area contributed by atoms with Gasteiger partial charge in [-0.2, -0.15) is 0 Å². The van der Waals surface area contributed by atoms with Crippen LogP contribution in [0.25, 0.3) is 0 Å². The number of rotatable bonds is 8. The van der Waals surface area contributed by atoms with Crippen molar-refractivity contribution >= 4 is 11.3 Å². The van der Waals surface area contributed by atoms with Gasteiger partial charge in [0.2, 0.25) is 0 Å². The van der Waals surface area contributed by atoms with E-state index in [2.05, 4.69) is 17.2 Å². The van der Waals surface area contributed by atoms with Crippen molar-refractivity contribution < 1.29 is 4.74 Å². The predicted octanol–water partition coefficient (Wildman–Crippen LogP) is 3.26. The van der Waals surface area contributed by atoms with E-state index in [0.29, 0.717) is 6.61 Å². The quantitative estimate of drug-likeness (QED) is 0.751. The fraction of sp³-hybridized carbons (Fsp3) is 0.400. The van der Waals surface area contributed by atoms with Gasteiger partial charge in [-0.3, -0.25) is 0 Å². The second-order valence-electron chi connectivity index (χ2n) is 4.31. The zero-order chi connectivity index (χ0) is 13.3. The van der Waals surface area contributed by atoms with Gasteiger partial charge >= 0.3 is 0 Å². The second-order valence-corrected chi connectivity index (χ2v) is 5.51. The minimum absolute atomic E-state index is 0.680. The number of aromatic nitrogens is 1. The summed E-state index contributed by atoms with van der Waals surface area (Å²) in [5, 5.41) is 4.53. The highest BCUT2D eigenvalue weighted by atomic mass is 32.1. The van der Waals surface area contributed by atoms with Crippen molar-refractivity contribution in [2.45, 2.75) is 26.3 Å². The summed E-state index contributed by atoms with van der Waals surface area (Å²) < 4.78 is 5.67. The van der Waals surface area contributed by atoms with Gasteiger partial charge in [-0.15, -0.1) is 11.3 Å². The van der Waals surface area contributed by atoms with Crippen molar-refractivity contribution in [3.8, 4) is 5.75 Å². The maximum absolute atomic E-state index is 5.67. The molecule has 0 fully saturated rings. The standard InChI is InChI=1S/C15H20N2OS/c1-2-9-16-11-14-12-17-15(19-14)8-10-18-13-6-4-3-5-7-13/h3-7,12,16H,2,8-11H2,1H3. The van der Waals surface area contributed by atoms with Crippen molar-refractivity contribution in [3.63, 3.8) is 0 Å². The van der Waals surface area contributed by atoms with Gasteiger partial charge in [-0.25, -0.2) is 4.98 Å². The smallest absolute Gasteiger partial charge is 0.119 e. The van der Waals surface area contributed by atoms with E-state index in [1.807, 2.05) is 36.5 Å². The summed E-state index contributed by atoms with van der Waals surface area (Å²) in [7, 11) is 0. The summed E-state index contributed by atoms with van der Waals surface area (Å²) >= 11 is 1.76. The molecule has 0 bridgehead atoms. The van der Waals surface area contributed by atoms with Crippen molar-refractivity contribution in [1.29, 1.82) is 0 Å². The lowest BCUT2D eigenvalue weighted by atomic mass is 10.3. The molecule has 0 atom stereocenters. The van der Waals surface area contributed by atoms with E-state index in [0.717, 1.165) is 36.7 Å². The zero-order valence-corrected chi connectivity index (χ0v) is 12.1. The van der Waals surface area contributed by atoms with E-state index < -0.39 is 0 Å². The van der Waals surface area contributed by atoms with Crippen LogP contribution in [0.1, 0.15) is 23.2 Å². The van der Waals surface area contributed by atoms with Gasteiger partial charge in [-0.1, -0.05) is 25.1 Å². The van der Waals surface area contributed by atoms with Crippen LogP contribution >= 0.6 is 11.3 Å². The average Bonchev–Trinajstić information content (AvgIpc) is 2.88. The molecule has 1 aromatic heterocycles. The fourth-order valence-electron chi connectivity index (χ4n) is 1.71. The Morgan fingerprint density at radius 3 is 2.89 bits per heavy atom. The monoisotopic (exact) mass is 276 g/mol. The molecule has 0 amide bonds. The van der Waals surface area contributed by atoms with Gasteiger partial charge in [0.25, 0.3) is 0 Å². The Kier molecular flexibility index (Phi) is 5.85. The van der Waals surface area contributed by atoms with E-state index in [1.54, 1.807) is 11.3 Å². The average molecular weight is 276 g/mol.